The Morgan fingerprint density at radius 3 is 2.62 bits per heavy atom. The van der Waals surface area contributed by atoms with Crippen LogP contribution in [0.4, 0.5) is 0 Å². The van der Waals surface area contributed by atoms with E-state index in [1.165, 1.54) is 12.3 Å². The number of aryl methyl sites for hydroxylation is 1. The van der Waals surface area contributed by atoms with Crippen LogP contribution in [0, 0.1) is 6.92 Å². The molecule has 0 fully saturated rings. The van der Waals surface area contributed by atoms with Gasteiger partial charge in [-0.3, -0.25) is 9.59 Å². The number of amides is 1. The average Bonchev–Trinajstić information content (AvgIpc) is 2.47. The Morgan fingerprint density at radius 2 is 2.00 bits per heavy atom. The number of hydrogen-bond donors (Lipinski definition) is 1. The summed E-state index contributed by atoms with van der Waals surface area (Å²) in [4.78, 5) is 28.9. The maximum absolute atomic E-state index is 12.5. The minimum absolute atomic E-state index is 0.140. The second-order valence-electron chi connectivity index (χ2n) is 4.80. The fourth-order valence-electron chi connectivity index (χ4n) is 2.07. The lowest BCUT2D eigenvalue weighted by Crippen LogP contribution is -2.35. The molecule has 0 spiro atoms. The topological polar surface area (TPSA) is 53.2 Å². The average molecular weight is 305 g/mol. The smallest absolute Gasteiger partial charge is 0.259 e. The van der Waals surface area contributed by atoms with Gasteiger partial charge in [0.15, 0.2) is 5.43 Å². The molecule has 0 bridgehead atoms. The molecule has 110 valence electrons. The highest BCUT2D eigenvalue weighted by Gasteiger charge is 2.18. The fraction of sp³-hybridized carbons (Fsp3) is 0.250. The summed E-state index contributed by atoms with van der Waals surface area (Å²) in [5.41, 5.74) is 1.59. The number of nitrogens with zero attached hydrogens (tertiary/aromatic N) is 1. The number of hydrogen-bond acceptors (Lipinski definition) is 2. The summed E-state index contributed by atoms with van der Waals surface area (Å²) in [5, 5.41) is 0. The Bertz CT molecular complexity index is 667. The predicted molar refractivity (Wildman–Crippen MR) is 83.7 cm³/mol. The largest absolute Gasteiger partial charge is 0.364 e. The summed E-state index contributed by atoms with van der Waals surface area (Å²) in [6.45, 7) is 2.60. The number of H-pyrrole nitrogens is 1. The van der Waals surface area contributed by atoms with Crippen molar-refractivity contribution in [3.63, 3.8) is 0 Å². The van der Waals surface area contributed by atoms with Crippen LogP contribution in [0.2, 0.25) is 0 Å². The zero-order chi connectivity index (χ0) is 15.2. The molecule has 0 aliphatic rings. The monoisotopic (exact) mass is 304 g/mol. The minimum Gasteiger partial charge on any atom is -0.364 e. The molecule has 0 saturated carbocycles. The third-order valence-corrected chi connectivity index (χ3v) is 3.31. The maximum atomic E-state index is 12.5. The SMILES string of the molecule is Cc1cc(=O)c(C(=O)N(CCCl)Cc2ccccc2)c[nH]1. The Kier molecular flexibility index (Phi) is 5.17. The van der Waals surface area contributed by atoms with Crippen LogP contribution in [-0.2, 0) is 6.54 Å². The van der Waals surface area contributed by atoms with Crippen molar-refractivity contribution in [2.75, 3.05) is 12.4 Å². The van der Waals surface area contributed by atoms with Gasteiger partial charge < -0.3 is 9.88 Å². The van der Waals surface area contributed by atoms with Crippen LogP contribution in [0.1, 0.15) is 21.6 Å². The number of alkyl halides is 1. The van der Waals surface area contributed by atoms with Crippen molar-refractivity contribution < 1.29 is 4.79 Å². The van der Waals surface area contributed by atoms with Crippen molar-refractivity contribution in [1.29, 1.82) is 0 Å². The number of benzene rings is 1. The highest BCUT2D eigenvalue weighted by molar-refractivity contribution is 6.18. The Morgan fingerprint density at radius 1 is 1.29 bits per heavy atom. The van der Waals surface area contributed by atoms with Gasteiger partial charge in [-0.1, -0.05) is 30.3 Å². The number of aromatic amines is 1. The van der Waals surface area contributed by atoms with Crippen LogP contribution in [0.3, 0.4) is 0 Å². The van der Waals surface area contributed by atoms with E-state index in [-0.39, 0.29) is 16.9 Å². The number of rotatable bonds is 5. The van der Waals surface area contributed by atoms with Crippen molar-refractivity contribution in [3.8, 4) is 0 Å². The molecule has 1 N–H and O–H groups in total. The normalized spacial score (nSPS) is 10.4. The number of nitrogens with one attached hydrogen (secondary N) is 1. The molecule has 5 heteroatoms. The first-order chi connectivity index (χ1) is 10.1. The van der Waals surface area contributed by atoms with Crippen LogP contribution in [0.25, 0.3) is 0 Å². The van der Waals surface area contributed by atoms with Gasteiger partial charge in [-0.25, -0.2) is 0 Å². The molecule has 2 aromatic rings. The van der Waals surface area contributed by atoms with Gasteiger partial charge >= 0.3 is 0 Å². The summed E-state index contributed by atoms with van der Waals surface area (Å²) in [6.07, 6.45) is 1.46. The van der Waals surface area contributed by atoms with Crippen LogP contribution < -0.4 is 5.43 Å². The van der Waals surface area contributed by atoms with Crippen LogP contribution in [-0.4, -0.2) is 28.2 Å². The number of carbonyl (C=O) groups excluding carboxylic acids is 1. The third kappa shape index (κ3) is 3.95. The van der Waals surface area contributed by atoms with Gasteiger partial charge in [-0.15, -0.1) is 11.6 Å². The summed E-state index contributed by atoms with van der Waals surface area (Å²) < 4.78 is 0. The Labute approximate surface area is 128 Å². The highest BCUT2D eigenvalue weighted by Crippen LogP contribution is 2.08. The lowest BCUT2D eigenvalue weighted by Gasteiger charge is -2.21. The van der Waals surface area contributed by atoms with Gasteiger partial charge in [0.25, 0.3) is 5.91 Å². The van der Waals surface area contributed by atoms with Gasteiger partial charge in [0.05, 0.1) is 0 Å². The second kappa shape index (κ2) is 7.09. The summed E-state index contributed by atoms with van der Waals surface area (Å²) in [5.74, 6) is 0.0169. The number of carbonyl (C=O) groups is 1. The molecule has 0 aliphatic carbocycles. The predicted octanol–water partition coefficient (Wildman–Crippen LogP) is 2.56. The van der Waals surface area contributed by atoms with E-state index in [4.69, 9.17) is 11.6 Å². The number of halogens is 1. The van der Waals surface area contributed by atoms with E-state index < -0.39 is 0 Å². The fourth-order valence-corrected chi connectivity index (χ4v) is 2.27. The van der Waals surface area contributed by atoms with E-state index >= 15 is 0 Å². The van der Waals surface area contributed by atoms with Crippen molar-refractivity contribution in [1.82, 2.24) is 9.88 Å². The lowest BCUT2D eigenvalue weighted by atomic mass is 10.1. The van der Waals surface area contributed by atoms with E-state index in [1.807, 2.05) is 30.3 Å². The summed E-state index contributed by atoms with van der Waals surface area (Å²) in [6, 6.07) is 11.0. The molecule has 1 aromatic carbocycles. The summed E-state index contributed by atoms with van der Waals surface area (Å²) in [7, 11) is 0. The first-order valence-electron chi connectivity index (χ1n) is 6.70. The van der Waals surface area contributed by atoms with Crippen molar-refractivity contribution in [2.45, 2.75) is 13.5 Å². The van der Waals surface area contributed by atoms with E-state index in [0.29, 0.717) is 19.0 Å². The molecule has 0 saturated heterocycles. The number of pyridine rings is 1. The molecule has 4 nitrogen and oxygen atoms in total. The Balaban J connectivity index is 2.25. The molecule has 0 aliphatic heterocycles. The van der Waals surface area contributed by atoms with Crippen LogP contribution in [0.15, 0.2) is 47.4 Å². The van der Waals surface area contributed by atoms with Gasteiger partial charge in [0, 0.05) is 36.9 Å². The van der Waals surface area contributed by atoms with Crippen LogP contribution >= 0.6 is 11.6 Å². The molecule has 1 amide bonds. The van der Waals surface area contributed by atoms with Gasteiger partial charge in [0.2, 0.25) is 0 Å². The lowest BCUT2D eigenvalue weighted by molar-refractivity contribution is 0.0752. The van der Waals surface area contributed by atoms with Crippen molar-refractivity contribution in [2.24, 2.45) is 0 Å². The molecule has 2 rings (SSSR count). The minimum atomic E-state index is -0.305. The van der Waals surface area contributed by atoms with E-state index in [0.717, 1.165) is 11.3 Å². The molecule has 0 atom stereocenters. The molecule has 21 heavy (non-hydrogen) atoms. The van der Waals surface area contributed by atoms with E-state index in [1.54, 1.807) is 11.8 Å². The zero-order valence-corrected chi connectivity index (χ0v) is 12.6. The molecule has 1 heterocycles. The first-order valence-corrected chi connectivity index (χ1v) is 7.24. The quantitative estimate of drug-likeness (QED) is 0.863. The summed E-state index contributed by atoms with van der Waals surface area (Å²) >= 11 is 5.78. The highest BCUT2D eigenvalue weighted by atomic mass is 35.5. The van der Waals surface area contributed by atoms with Crippen molar-refractivity contribution >= 4 is 17.5 Å². The third-order valence-electron chi connectivity index (χ3n) is 3.15. The molecule has 1 aromatic heterocycles. The van der Waals surface area contributed by atoms with E-state index in [2.05, 4.69) is 4.98 Å². The Hall–Kier alpha value is -2.07. The van der Waals surface area contributed by atoms with E-state index in [9.17, 15) is 9.59 Å². The number of aromatic nitrogens is 1. The molecular formula is C16H17ClN2O2. The van der Waals surface area contributed by atoms with Gasteiger partial charge in [-0.2, -0.15) is 0 Å². The second-order valence-corrected chi connectivity index (χ2v) is 5.17. The van der Waals surface area contributed by atoms with Crippen molar-refractivity contribution in [3.05, 3.63) is 69.6 Å². The molecule has 0 unspecified atom stereocenters. The van der Waals surface area contributed by atoms with Crippen LogP contribution in [0.5, 0.6) is 0 Å². The molecular weight excluding hydrogens is 288 g/mol. The maximum Gasteiger partial charge on any atom is 0.259 e. The zero-order valence-electron chi connectivity index (χ0n) is 11.8. The molecule has 0 radical (unpaired) electrons. The van der Waals surface area contributed by atoms with Gasteiger partial charge in [-0.05, 0) is 12.5 Å². The van der Waals surface area contributed by atoms with Gasteiger partial charge in [0.1, 0.15) is 5.56 Å². The first kappa shape index (κ1) is 15.3. The standard InChI is InChI=1S/C16H17ClN2O2/c1-12-9-15(20)14(10-18-12)16(21)19(8-7-17)11-13-5-3-2-4-6-13/h2-6,9-10H,7-8,11H2,1H3,(H,18,20).